The molecule has 0 aromatic heterocycles. The number of ether oxygens (including phenoxy) is 2. The van der Waals surface area contributed by atoms with Gasteiger partial charge in [0.25, 0.3) is 0 Å². The third-order valence-electron chi connectivity index (χ3n) is 5.82. The summed E-state index contributed by atoms with van der Waals surface area (Å²) < 4.78 is 10.9. The average molecular weight is 473 g/mol. The van der Waals surface area contributed by atoms with Crippen LogP contribution in [0.25, 0.3) is 21.6 Å². The molecule has 35 heavy (non-hydrogen) atoms. The summed E-state index contributed by atoms with van der Waals surface area (Å²) in [5.41, 5.74) is 13.4. The summed E-state index contributed by atoms with van der Waals surface area (Å²) >= 11 is 0. The number of rotatable bonds is 10. The van der Waals surface area contributed by atoms with Gasteiger partial charge in [0.1, 0.15) is 18.4 Å². The standard InChI is InChI=1S/C26H24N4O5/c27-30-28-13-14-34-18-11-9-17(10-12-18)15-24(25(31)32)29-26(33)35-16-23-21-7-3-1-5-19(21)20-6-2-4-8-22(20)23/h1-12,23-24H,13-16H2,(H,29,33)(H,31,32)/t24-/m0/s1. The van der Waals surface area contributed by atoms with Crippen molar-refractivity contribution in [2.75, 3.05) is 19.8 Å². The van der Waals surface area contributed by atoms with E-state index in [0.717, 1.165) is 22.3 Å². The average Bonchev–Trinajstić information content (AvgIpc) is 3.19. The Hall–Kier alpha value is -4.49. The first-order valence-corrected chi connectivity index (χ1v) is 11.1. The lowest BCUT2D eigenvalue weighted by molar-refractivity contribution is -0.139. The number of fused-ring (bicyclic) bond motifs is 3. The van der Waals surface area contributed by atoms with Crippen LogP contribution in [-0.4, -0.2) is 43.0 Å². The summed E-state index contributed by atoms with van der Waals surface area (Å²) in [7, 11) is 0. The van der Waals surface area contributed by atoms with Crippen molar-refractivity contribution >= 4 is 12.1 Å². The number of hydrogen-bond donors (Lipinski definition) is 2. The lowest BCUT2D eigenvalue weighted by Crippen LogP contribution is -2.42. The highest BCUT2D eigenvalue weighted by molar-refractivity contribution is 5.81. The van der Waals surface area contributed by atoms with E-state index >= 15 is 0 Å². The van der Waals surface area contributed by atoms with Crippen LogP contribution in [0.15, 0.2) is 77.9 Å². The quantitative estimate of drug-likeness (QED) is 0.187. The number of azide groups is 1. The molecule has 1 aliphatic carbocycles. The molecular formula is C26H24N4O5. The van der Waals surface area contributed by atoms with Crippen LogP contribution in [-0.2, 0) is 16.0 Å². The normalized spacial score (nSPS) is 12.6. The van der Waals surface area contributed by atoms with Gasteiger partial charge in [-0.05, 0) is 45.5 Å². The Kier molecular flexibility index (Phi) is 7.50. The molecule has 0 spiro atoms. The smallest absolute Gasteiger partial charge is 0.407 e. The Morgan fingerprint density at radius 2 is 1.63 bits per heavy atom. The van der Waals surface area contributed by atoms with Gasteiger partial charge in [-0.15, -0.1) is 0 Å². The molecule has 0 radical (unpaired) electrons. The van der Waals surface area contributed by atoms with Crippen molar-refractivity contribution in [3.63, 3.8) is 0 Å². The summed E-state index contributed by atoms with van der Waals surface area (Å²) in [5, 5.41) is 15.5. The van der Waals surface area contributed by atoms with E-state index in [0.29, 0.717) is 11.3 Å². The van der Waals surface area contributed by atoms with Gasteiger partial charge in [0, 0.05) is 17.3 Å². The molecule has 1 aliphatic rings. The molecule has 0 aliphatic heterocycles. The van der Waals surface area contributed by atoms with Crippen molar-refractivity contribution in [2.24, 2.45) is 5.11 Å². The summed E-state index contributed by atoms with van der Waals surface area (Å²) in [6.07, 6.45) is -0.698. The van der Waals surface area contributed by atoms with E-state index in [1.54, 1.807) is 24.3 Å². The SMILES string of the molecule is [N-]=[N+]=NCCOc1ccc(C[C@H](NC(=O)OCC2c3ccccc3-c3ccccc32)C(=O)O)cc1. The molecular weight excluding hydrogens is 448 g/mol. The second kappa shape index (κ2) is 11.1. The fourth-order valence-corrected chi connectivity index (χ4v) is 4.19. The van der Waals surface area contributed by atoms with E-state index in [1.165, 1.54) is 0 Å². The van der Waals surface area contributed by atoms with Crippen molar-refractivity contribution < 1.29 is 24.2 Å². The van der Waals surface area contributed by atoms with Crippen molar-refractivity contribution in [3.05, 3.63) is 99.9 Å². The van der Waals surface area contributed by atoms with Crippen molar-refractivity contribution in [2.45, 2.75) is 18.4 Å². The van der Waals surface area contributed by atoms with Crippen molar-refractivity contribution in [1.29, 1.82) is 0 Å². The number of alkyl carbamates (subject to hydrolysis) is 1. The Morgan fingerprint density at radius 3 is 2.23 bits per heavy atom. The Labute approximate surface area is 201 Å². The number of carbonyl (C=O) groups excluding carboxylic acids is 1. The minimum absolute atomic E-state index is 0.0819. The monoisotopic (exact) mass is 472 g/mol. The number of nitrogens with one attached hydrogen (secondary N) is 1. The molecule has 178 valence electrons. The maximum Gasteiger partial charge on any atom is 0.407 e. The van der Waals surface area contributed by atoms with Crippen LogP contribution < -0.4 is 10.1 Å². The van der Waals surface area contributed by atoms with Crippen LogP contribution in [0.4, 0.5) is 4.79 Å². The van der Waals surface area contributed by atoms with Gasteiger partial charge in [-0.2, -0.15) is 0 Å². The minimum atomic E-state index is -1.16. The predicted molar refractivity (Wildman–Crippen MR) is 129 cm³/mol. The lowest BCUT2D eigenvalue weighted by Gasteiger charge is -2.17. The van der Waals surface area contributed by atoms with Gasteiger partial charge in [-0.1, -0.05) is 65.8 Å². The number of hydrogen-bond acceptors (Lipinski definition) is 5. The van der Waals surface area contributed by atoms with E-state index in [1.807, 2.05) is 48.5 Å². The zero-order chi connectivity index (χ0) is 24.6. The Bertz CT molecular complexity index is 1210. The largest absolute Gasteiger partial charge is 0.493 e. The molecule has 0 saturated heterocycles. The second-order valence-corrected chi connectivity index (χ2v) is 8.01. The van der Waals surface area contributed by atoms with Crippen LogP contribution >= 0.6 is 0 Å². The van der Waals surface area contributed by atoms with Gasteiger partial charge in [-0.25, -0.2) is 9.59 Å². The number of carboxylic acids is 1. The van der Waals surface area contributed by atoms with E-state index in [-0.39, 0.29) is 32.1 Å². The second-order valence-electron chi connectivity index (χ2n) is 8.01. The molecule has 1 atom stereocenters. The first kappa shape index (κ1) is 23.7. The summed E-state index contributed by atoms with van der Waals surface area (Å²) in [5.74, 6) is -0.700. The van der Waals surface area contributed by atoms with Crippen LogP contribution in [0.5, 0.6) is 5.75 Å². The van der Waals surface area contributed by atoms with Gasteiger partial charge < -0.3 is 19.9 Å². The van der Waals surface area contributed by atoms with Crippen LogP contribution in [0.3, 0.4) is 0 Å². The number of benzene rings is 3. The minimum Gasteiger partial charge on any atom is -0.493 e. The summed E-state index contributed by atoms with van der Waals surface area (Å²) in [6, 6.07) is 21.7. The van der Waals surface area contributed by atoms with E-state index in [9.17, 15) is 14.7 Å². The third-order valence-corrected chi connectivity index (χ3v) is 5.82. The highest BCUT2D eigenvalue weighted by Crippen LogP contribution is 2.44. The van der Waals surface area contributed by atoms with E-state index in [2.05, 4.69) is 15.3 Å². The first-order chi connectivity index (χ1) is 17.1. The molecule has 0 heterocycles. The molecule has 0 unspecified atom stereocenters. The number of aliphatic carboxylic acids is 1. The molecule has 9 nitrogen and oxygen atoms in total. The van der Waals surface area contributed by atoms with Gasteiger partial charge >= 0.3 is 12.1 Å². The summed E-state index contributed by atoms with van der Waals surface area (Å²) in [4.78, 5) is 26.9. The molecule has 0 bridgehead atoms. The van der Waals surface area contributed by atoms with Crippen molar-refractivity contribution in [1.82, 2.24) is 5.32 Å². The van der Waals surface area contributed by atoms with Crippen LogP contribution in [0, 0.1) is 0 Å². The molecule has 9 heteroatoms. The highest BCUT2D eigenvalue weighted by atomic mass is 16.5. The zero-order valence-electron chi connectivity index (χ0n) is 18.8. The molecule has 3 aromatic carbocycles. The van der Waals surface area contributed by atoms with E-state index in [4.69, 9.17) is 15.0 Å². The molecule has 0 fully saturated rings. The zero-order valence-corrected chi connectivity index (χ0v) is 18.8. The molecule has 0 saturated carbocycles. The molecule has 4 rings (SSSR count). The van der Waals surface area contributed by atoms with Crippen molar-refractivity contribution in [3.8, 4) is 16.9 Å². The summed E-state index contributed by atoms with van der Waals surface area (Å²) in [6.45, 7) is 0.558. The maximum absolute atomic E-state index is 12.5. The Balaban J connectivity index is 1.34. The number of nitrogens with zero attached hydrogens (tertiary/aromatic N) is 3. The predicted octanol–water partition coefficient (Wildman–Crippen LogP) is 4.91. The number of amides is 1. The Morgan fingerprint density at radius 1 is 1.00 bits per heavy atom. The van der Waals surface area contributed by atoms with Crippen LogP contribution in [0.2, 0.25) is 0 Å². The fraction of sp³-hybridized carbons (Fsp3) is 0.231. The molecule has 3 aromatic rings. The number of carboxylic acid groups (broad SMARTS) is 1. The maximum atomic E-state index is 12.5. The van der Waals surface area contributed by atoms with E-state index < -0.39 is 18.1 Å². The molecule has 2 N–H and O–H groups in total. The first-order valence-electron chi connectivity index (χ1n) is 11.1. The fourth-order valence-electron chi connectivity index (χ4n) is 4.19. The van der Waals surface area contributed by atoms with Crippen LogP contribution in [0.1, 0.15) is 22.6 Å². The van der Waals surface area contributed by atoms with Gasteiger partial charge in [-0.3, -0.25) is 0 Å². The third kappa shape index (κ3) is 5.72. The van der Waals surface area contributed by atoms with Gasteiger partial charge in [0.2, 0.25) is 0 Å². The topological polar surface area (TPSA) is 134 Å². The highest BCUT2D eigenvalue weighted by Gasteiger charge is 2.29. The van der Waals surface area contributed by atoms with Gasteiger partial charge in [0.05, 0.1) is 13.2 Å². The molecule has 1 amide bonds. The lowest BCUT2D eigenvalue weighted by atomic mass is 9.98. The number of carbonyl (C=O) groups is 2. The van der Waals surface area contributed by atoms with Gasteiger partial charge in [0.15, 0.2) is 0 Å².